The Kier molecular flexibility index (Phi) is 6.63. The Labute approximate surface area is 173 Å². The van der Waals surface area contributed by atoms with E-state index in [1.54, 1.807) is 0 Å². The van der Waals surface area contributed by atoms with Crippen molar-refractivity contribution in [3.05, 3.63) is 59.7 Å². The van der Waals surface area contributed by atoms with E-state index in [9.17, 15) is 9.90 Å². The fraction of sp³-hybridized carbons (Fsp3) is 0.480. The number of hydrogen-bond donors (Lipinski definition) is 3. The summed E-state index contributed by atoms with van der Waals surface area (Å²) < 4.78 is 0. The lowest BCUT2D eigenvalue weighted by atomic mass is 9.96. The van der Waals surface area contributed by atoms with E-state index in [1.165, 1.54) is 38.5 Å². The molecule has 0 bridgehead atoms. The number of carbonyl (C=O) groups is 1. The molecule has 2 aliphatic rings. The van der Waals surface area contributed by atoms with Crippen LogP contribution in [-0.4, -0.2) is 36.8 Å². The zero-order valence-corrected chi connectivity index (χ0v) is 17.1. The first-order valence-corrected chi connectivity index (χ1v) is 11.1. The number of nitrogens with one attached hydrogen (secondary N) is 2. The molecule has 0 aliphatic heterocycles. The fourth-order valence-electron chi connectivity index (χ4n) is 4.85. The number of benzene rings is 2. The molecule has 1 amide bonds. The summed E-state index contributed by atoms with van der Waals surface area (Å²) in [7, 11) is 0. The van der Waals surface area contributed by atoms with E-state index in [-0.39, 0.29) is 18.4 Å². The molecular formula is C25H32N2O2. The molecule has 29 heavy (non-hydrogen) atoms. The molecule has 0 radical (unpaired) electrons. The minimum absolute atomic E-state index is 0.0368. The number of fused-ring (bicyclic) bond motifs is 3. The normalized spacial score (nSPS) is 18.0. The first kappa shape index (κ1) is 20.1. The Hall–Kier alpha value is -2.17. The molecule has 0 spiro atoms. The Morgan fingerprint density at radius 2 is 1.48 bits per heavy atom. The van der Waals surface area contributed by atoms with Gasteiger partial charge in [0.25, 0.3) is 0 Å². The zero-order valence-electron chi connectivity index (χ0n) is 17.1. The van der Waals surface area contributed by atoms with Gasteiger partial charge in [-0.1, -0.05) is 74.2 Å². The Morgan fingerprint density at radius 3 is 2.10 bits per heavy atom. The van der Waals surface area contributed by atoms with Gasteiger partial charge < -0.3 is 15.7 Å². The highest BCUT2D eigenvalue weighted by atomic mass is 16.3. The Balaban J connectivity index is 1.29. The van der Waals surface area contributed by atoms with E-state index in [2.05, 4.69) is 22.8 Å². The minimum Gasteiger partial charge on any atom is -0.390 e. The second-order valence-electron chi connectivity index (χ2n) is 8.52. The second-order valence-corrected chi connectivity index (χ2v) is 8.52. The van der Waals surface area contributed by atoms with Gasteiger partial charge in [-0.25, -0.2) is 0 Å². The molecule has 4 rings (SSSR count). The van der Waals surface area contributed by atoms with E-state index in [4.69, 9.17) is 0 Å². The van der Waals surface area contributed by atoms with Crippen LogP contribution in [0.15, 0.2) is 48.5 Å². The van der Waals surface area contributed by atoms with Gasteiger partial charge in [-0.3, -0.25) is 4.79 Å². The van der Waals surface area contributed by atoms with Crippen molar-refractivity contribution < 1.29 is 9.90 Å². The van der Waals surface area contributed by atoms with Gasteiger partial charge in [0.2, 0.25) is 5.91 Å². The predicted molar refractivity (Wildman–Crippen MR) is 117 cm³/mol. The Bertz CT molecular complexity index is 782. The standard InChI is InChI=1S/C25H32N2O2/c28-19(16-26-15-18-9-3-1-2-4-10-18)17-27-25(29)24-22-13-7-5-11-20(22)21-12-6-8-14-23(21)24/h5-8,11-14,18-19,24,26,28H,1-4,9-10,15-17H2,(H,27,29). The predicted octanol–water partition coefficient (Wildman–Crippen LogP) is 3.84. The molecule has 1 unspecified atom stereocenters. The zero-order chi connectivity index (χ0) is 20.1. The minimum atomic E-state index is -0.573. The van der Waals surface area contributed by atoms with Crippen molar-refractivity contribution in [2.75, 3.05) is 19.6 Å². The van der Waals surface area contributed by atoms with E-state index in [0.717, 1.165) is 34.7 Å². The van der Waals surface area contributed by atoms with Crippen molar-refractivity contribution in [1.29, 1.82) is 0 Å². The van der Waals surface area contributed by atoms with Gasteiger partial charge in [0, 0.05) is 13.1 Å². The lowest BCUT2D eigenvalue weighted by Gasteiger charge is -2.19. The molecule has 2 aromatic rings. The molecule has 0 heterocycles. The summed E-state index contributed by atoms with van der Waals surface area (Å²) in [5, 5.41) is 16.7. The summed E-state index contributed by atoms with van der Waals surface area (Å²) in [5.74, 6) is 0.393. The third-order valence-corrected chi connectivity index (χ3v) is 6.40. The van der Waals surface area contributed by atoms with Gasteiger partial charge in [-0.05, 0) is 47.6 Å². The lowest BCUT2D eigenvalue weighted by molar-refractivity contribution is -0.122. The SMILES string of the molecule is O=C(NCC(O)CNCC1CCCCCC1)C1c2ccccc2-c2ccccc21. The first-order chi connectivity index (χ1) is 14.2. The van der Waals surface area contributed by atoms with Crippen LogP contribution < -0.4 is 10.6 Å². The van der Waals surface area contributed by atoms with Gasteiger partial charge in [0.15, 0.2) is 0 Å². The molecule has 1 atom stereocenters. The van der Waals surface area contributed by atoms with Crippen LogP contribution in [0, 0.1) is 5.92 Å². The molecule has 154 valence electrons. The van der Waals surface area contributed by atoms with Crippen molar-refractivity contribution >= 4 is 5.91 Å². The van der Waals surface area contributed by atoms with Gasteiger partial charge in [-0.15, -0.1) is 0 Å². The van der Waals surface area contributed by atoms with Crippen LogP contribution in [0.25, 0.3) is 11.1 Å². The maximum atomic E-state index is 13.0. The van der Waals surface area contributed by atoms with Gasteiger partial charge in [-0.2, -0.15) is 0 Å². The second kappa shape index (κ2) is 9.55. The summed E-state index contributed by atoms with van der Waals surface area (Å²) in [6.07, 6.45) is 7.39. The van der Waals surface area contributed by atoms with Crippen molar-refractivity contribution in [3.63, 3.8) is 0 Å². The van der Waals surface area contributed by atoms with Gasteiger partial charge >= 0.3 is 0 Å². The van der Waals surface area contributed by atoms with Gasteiger partial charge in [0.05, 0.1) is 12.0 Å². The van der Waals surface area contributed by atoms with Crippen LogP contribution in [0.5, 0.6) is 0 Å². The molecule has 2 aromatic carbocycles. The van der Waals surface area contributed by atoms with E-state index >= 15 is 0 Å². The number of amides is 1. The third kappa shape index (κ3) is 4.71. The highest BCUT2D eigenvalue weighted by Crippen LogP contribution is 2.44. The molecule has 1 fully saturated rings. The number of rotatable bonds is 7. The quantitative estimate of drug-likeness (QED) is 0.628. The van der Waals surface area contributed by atoms with Gasteiger partial charge in [0.1, 0.15) is 0 Å². The van der Waals surface area contributed by atoms with Crippen LogP contribution in [0.4, 0.5) is 0 Å². The largest absolute Gasteiger partial charge is 0.390 e. The molecule has 1 saturated carbocycles. The fourth-order valence-corrected chi connectivity index (χ4v) is 4.85. The van der Waals surface area contributed by atoms with Crippen molar-refractivity contribution in [3.8, 4) is 11.1 Å². The molecular weight excluding hydrogens is 360 g/mol. The average molecular weight is 393 g/mol. The highest BCUT2D eigenvalue weighted by molar-refractivity contribution is 5.96. The van der Waals surface area contributed by atoms with E-state index in [0.29, 0.717) is 6.54 Å². The first-order valence-electron chi connectivity index (χ1n) is 11.1. The third-order valence-electron chi connectivity index (χ3n) is 6.40. The maximum Gasteiger partial charge on any atom is 0.232 e. The smallest absolute Gasteiger partial charge is 0.232 e. The average Bonchev–Trinajstić information content (AvgIpc) is 2.87. The van der Waals surface area contributed by atoms with Crippen molar-refractivity contribution in [2.24, 2.45) is 5.92 Å². The van der Waals surface area contributed by atoms with Crippen LogP contribution in [0.2, 0.25) is 0 Å². The van der Waals surface area contributed by atoms with Crippen LogP contribution in [0.1, 0.15) is 55.6 Å². The molecule has 4 nitrogen and oxygen atoms in total. The monoisotopic (exact) mass is 392 g/mol. The van der Waals surface area contributed by atoms with Crippen LogP contribution >= 0.6 is 0 Å². The van der Waals surface area contributed by atoms with Crippen LogP contribution in [-0.2, 0) is 4.79 Å². The molecule has 4 heteroatoms. The highest BCUT2D eigenvalue weighted by Gasteiger charge is 2.33. The van der Waals surface area contributed by atoms with Crippen LogP contribution in [0.3, 0.4) is 0 Å². The summed E-state index contributed by atoms with van der Waals surface area (Å²) >= 11 is 0. The number of hydrogen-bond acceptors (Lipinski definition) is 3. The van der Waals surface area contributed by atoms with E-state index < -0.39 is 6.10 Å². The summed E-state index contributed by atoms with van der Waals surface area (Å²) in [6.45, 7) is 1.76. The molecule has 2 aliphatic carbocycles. The number of aliphatic hydroxyl groups is 1. The van der Waals surface area contributed by atoms with E-state index in [1.807, 2.05) is 36.4 Å². The van der Waals surface area contributed by atoms with Crippen molar-refractivity contribution in [1.82, 2.24) is 10.6 Å². The molecule has 0 aromatic heterocycles. The maximum absolute atomic E-state index is 13.0. The number of aliphatic hydroxyl groups excluding tert-OH is 1. The number of carbonyl (C=O) groups excluding carboxylic acids is 1. The summed E-state index contributed by atoms with van der Waals surface area (Å²) in [6, 6.07) is 16.2. The molecule has 3 N–H and O–H groups in total. The topological polar surface area (TPSA) is 61.4 Å². The molecule has 0 saturated heterocycles. The summed E-state index contributed by atoms with van der Waals surface area (Å²) in [4.78, 5) is 13.0. The Morgan fingerprint density at radius 1 is 0.897 bits per heavy atom. The summed E-state index contributed by atoms with van der Waals surface area (Å²) in [5.41, 5.74) is 4.36. The van der Waals surface area contributed by atoms with Crippen molar-refractivity contribution in [2.45, 2.75) is 50.5 Å². The lowest BCUT2D eigenvalue weighted by Crippen LogP contribution is -2.40.